The number of benzene rings is 1. The second kappa shape index (κ2) is 9.57. The van der Waals surface area contributed by atoms with Crippen molar-refractivity contribution in [3.05, 3.63) is 45.4 Å². The van der Waals surface area contributed by atoms with Gasteiger partial charge in [-0.2, -0.15) is 4.31 Å². The highest BCUT2D eigenvalue weighted by atomic mass is 32.2. The molecule has 2 aliphatic heterocycles. The van der Waals surface area contributed by atoms with Crippen LogP contribution >= 0.6 is 11.3 Å². The SMILES string of the molecule is C#Cc1ccc2[nH]c(S(=O)(=O)N3CCN(C(=O)c4nc5c(s4)CNC(C)C5C)C(C(=O)NC)C3)cc2c1. The summed E-state index contributed by atoms with van der Waals surface area (Å²) >= 11 is 1.33. The van der Waals surface area contributed by atoms with Crippen LogP contribution in [0.4, 0.5) is 0 Å². The minimum Gasteiger partial charge on any atom is -0.357 e. The summed E-state index contributed by atoms with van der Waals surface area (Å²) in [7, 11) is -2.49. The molecule has 2 amide bonds. The van der Waals surface area contributed by atoms with Crippen molar-refractivity contribution in [2.45, 2.75) is 43.4 Å². The first kappa shape index (κ1) is 25.4. The van der Waals surface area contributed by atoms with Gasteiger partial charge in [0.15, 0.2) is 5.01 Å². The van der Waals surface area contributed by atoms with E-state index in [1.807, 2.05) is 0 Å². The summed E-state index contributed by atoms with van der Waals surface area (Å²) in [5, 5.41) is 6.98. The van der Waals surface area contributed by atoms with Crippen LogP contribution in [0.5, 0.6) is 0 Å². The summed E-state index contributed by atoms with van der Waals surface area (Å²) < 4.78 is 28.3. The van der Waals surface area contributed by atoms with E-state index in [1.54, 1.807) is 18.2 Å². The van der Waals surface area contributed by atoms with E-state index in [0.29, 0.717) is 28.0 Å². The number of hydrogen-bond donors (Lipinski definition) is 3. The van der Waals surface area contributed by atoms with E-state index in [2.05, 4.69) is 40.4 Å². The van der Waals surface area contributed by atoms with Gasteiger partial charge in [0.25, 0.3) is 15.9 Å². The molecule has 10 nitrogen and oxygen atoms in total. The Bertz CT molecular complexity index is 1540. The topological polar surface area (TPSA) is 128 Å². The van der Waals surface area contributed by atoms with Gasteiger partial charge in [0.2, 0.25) is 5.91 Å². The molecule has 3 atom stereocenters. The zero-order chi connectivity index (χ0) is 26.5. The largest absolute Gasteiger partial charge is 0.357 e. The van der Waals surface area contributed by atoms with Crippen LogP contribution in [0, 0.1) is 12.3 Å². The second-order valence-electron chi connectivity index (χ2n) is 9.36. The summed E-state index contributed by atoms with van der Waals surface area (Å²) in [6, 6.07) is 5.99. The van der Waals surface area contributed by atoms with Crippen molar-refractivity contribution in [3.63, 3.8) is 0 Å². The Morgan fingerprint density at radius 1 is 1.24 bits per heavy atom. The highest BCUT2D eigenvalue weighted by Gasteiger charge is 2.41. The Morgan fingerprint density at radius 2 is 2.03 bits per heavy atom. The minimum atomic E-state index is -3.96. The van der Waals surface area contributed by atoms with E-state index in [1.165, 1.54) is 33.7 Å². The maximum absolute atomic E-state index is 13.5. The van der Waals surface area contributed by atoms with Crippen LogP contribution in [0.3, 0.4) is 0 Å². The molecule has 3 unspecified atom stereocenters. The lowest BCUT2D eigenvalue weighted by Gasteiger charge is -2.39. The molecule has 3 aromatic rings. The molecule has 1 saturated heterocycles. The predicted molar refractivity (Wildman–Crippen MR) is 141 cm³/mol. The smallest absolute Gasteiger partial charge is 0.283 e. The molecule has 194 valence electrons. The molecule has 2 aliphatic rings. The number of aromatic amines is 1. The lowest BCUT2D eigenvalue weighted by atomic mass is 9.95. The van der Waals surface area contributed by atoms with Crippen LogP contribution in [0.2, 0.25) is 0 Å². The van der Waals surface area contributed by atoms with Gasteiger partial charge in [-0.15, -0.1) is 17.8 Å². The van der Waals surface area contributed by atoms with Gasteiger partial charge in [-0.1, -0.05) is 12.8 Å². The van der Waals surface area contributed by atoms with Crippen LogP contribution < -0.4 is 10.6 Å². The highest BCUT2D eigenvalue weighted by molar-refractivity contribution is 7.89. The number of nitrogens with zero attached hydrogens (tertiary/aromatic N) is 3. The first-order chi connectivity index (χ1) is 17.6. The van der Waals surface area contributed by atoms with E-state index >= 15 is 0 Å². The zero-order valence-electron chi connectivity index (χ0n) is 20.7. The molecule has 37 heavy (non-hydrogen) atoms. The Balaban J connectivity index is 1.41. The number of carbonyl (C=O) groups excluding carboxylic acids is 2. The van der Waals surface area contributed by atoms with Crippen LogP contribution in [-0.2, 0) is 21.4 Å². The summed E-state index contributed by atoms with van der Waals surface area (Å²) in [6.45, 7) is 4.73. The lowest BCUT2D eigenvalue weighted by Crippen LogP contribution is -2.61. The van der Waals surface area contributed by atoms with Gasteiger partial charge in [-0.05, 0) is 31.2 Å². The number of rotatable bonds is 4. The first-order valence-electron chi connectivity index (χ1n) is 12.0. The fourth-order valence-electron chi connectivity index (χ4n) is 4.81. The van der Waals surface area contributed by atoms with Crippen molar-refractivity contribution < 1.29 is 18.0 Å². The third-order valence-electron chi connectivity index (χ3n) is 7.21. The molecule has 2 aromatic heterocycles. The standard InChI is InChI=1S/C25H28N6O4S2/c1-5-16-6-7-18-17(10-16)11-21(28-18)37(34,35)30-8-9-31(19(13-30)23(32)26-4)25(33)24-29-22-14(2)15(3)27-12-20(22)36-24/h1,6-7,10-11,14-15,19,27-28H,8-9,12-13H2,2-4H3,(H,26,32). The van der Waals surface area contributed by atoms with Crippen molar-refractivity contribution in [2.24, 2.45) is 0 Å². The van der Waals surface area contributed by atoms with Gasteiger partial charge in [-0.3, -0.25) is 9.59 Å². The molecule has 0 saturated carbocycles. The highest BCUT2D eigenvalue weighted by Crippen LogP contribution is 2.32. The fraction of sp³-hybridized carbons (Fsp3) is 0.400. The van der Waals surface area contributed by atoms with Crippen LogP contribution in [0.15, 0.2) is 29.3 Å². The molecule has 0 radical (unpaired) electrons. The molecule has 12 heteroatoms. The maximum Gasteiger partial charge on any atom is 0.283 e. The van der Waals surface area contributed by atoms with Crippen molar-refractivity contribution in [3.8, 4) is 12.3 Å². The molecule has 0 bridgehead atoms. The summed E-state index contributed by atoms with van der Waals surface area (Å²) in [4.78, 5) is 36.4. The molecule has 1 aromatic carbocycles. The number of sulfonamides is 1. The van der Waals surface area contributed by atoms with E-state index in [0.717, 1.165) is 10.6 Å². The summed E-state index contributed by atoms with van der Waals surface area (Å²) in [5.41, 5.74) is 2.19. The Labute approximate surface area is 219 Å². The number of carbonyl (C=O) groups is 2. The third-order valence-corrected chi connectivity index (χ3v) is 10.1. The summed E-state index contributed by atoms with van der Waals surface area (Å²) in [5.74, 6) is 1.90. The van der Waals surface area contributed by atoms with Crippen LogP contribution in [0.25, 0.3) is 10.9 Å². The number of terminal acetylenes is 1. The molecule has 5 rings (SSSR count). The number of nitrogens with one attached hydrogen (secondary N) is 3. The molecule has 1 fully saturated rings. The molecule has 4 heterocycles. The average Bonchev–Trinajstić information content (AvgIpc) is 3.54. The Morgan fingerprint density at radius 3 is 2.76 bits per heavy atom. The maximum atomic E-state index is 13.5. The van der Waals surface area contributed by atoms with Crippen molar-refractivity contribution in [1.29, 1.82) is 0 Å². The number of hydrogen-bond acceptors (Lipinski definition) is 7. The number of fused-ring (bicyclic) bond motifs is 2. The van der Waals surface area contributed by atoms with Gasteiger partial charge in [0.05, 0.1) is 5.69 Å². The molecule has 0 aliphatic carbocycles. The number of piperazine rings is 1. The number of H-pyrrole nitrogens is 1. The van der Waals surface area contributed by atoms with Crippen LogP contribution in [0.1, 0.15) is 45.7 Å². The summed E-state index contributed by atoms with van der Waals surface area (Å²) in [6.07, 6.45) is 5.46. The number of amides is 2. The fourth-order valence-corrected chi connectivity index (χ4v) is 7.34. The van der Waals surface area contributed by atoms with Gasteiger partial charge in [0.1, 0.15) is 11.1 Å². The zero-order valence-corrected chi connectivity index (χ0v) is 22.4. The van der Waals surface area contributed by atoms with E-state index < -0.39 is 22.0 Å². The number of aromatic nitrogens is 2. The lowest BCUT2D eigenvalue weighted by molar-refractivity contribution is -0.126. The van der Waals surface area contributed by atoms with Gasteiger partial charge < -0.3 is 20.5 Å². The molecular formula is C25H28N6O4S2. The van der Waals surface area contributed by atoms with Gasteiger partial charge in [0, 0.05) is 66.5 Å². The monoisotopic (exact) mass is 540 g/mol. The normalized spacial score (nSPS) is 22.4. The van der Waals surface area contributed by atoms with E-state index in [-0.39, 0.29) is 42.5 Å². The van der Waals surface area contributed by atoms with Gasteiger partial charge in [-0.25, -0.2) is 13.4 Å². The van der Waals surface area contributed by atoms with Crippen molar-refractivity contribution >= 4 is 44.1 Å². The molecular weight excluding hydrogens is 512 g/mol. The third kappa shape index (κ3) is 4.42. The first-order valence-corrected chi connectivity index (χ1v) is 14.2. The van der Waals surface area contributed by atoms with E-state index in [4.69, 9.17) is 6.42 Å². The predicted octanol–water partition coefficient (Wildman–Crippen LogP) is 1.46. The van der Waals surface area contributed by atoms with Crippen molar-refractivity contribution in [1.82, 2.24) is 29.8 Å². The Kier molecular flexibility index (Phi) is 6.57. The Hall–Kier alpha value is -3.24. The molecule has 0 spiro atoms. The van der Waals surface area contributed by atoms with Gasteiger partial charge >= 0.3 is 0 Å². The number of thiazole rings is 1. The second-order valence-corrected chi connectivity index (χ2v) is 12.3. The average molecular weight is 541 g/mol. The minimum absolute atomic E-state index is 0.00955. The van der Waals surface area contributed by atoms with Crippen LogP contribution in [-0.4, -0.2) is 78.2 Å². The number of likely N-dealkylation sites (N-methyl/N-ethyl adjacent to an activating group) is 1. The van der Waals surface area contributed by atoms with E-state index in [9.17, 15) is 18.0 Å². The molecule has 3 N–H and O–H groups in total. The van der Waals surface area contributed by atoms with Crippen molar-refractivity contribution in [2.75, 3.05) is 26.7 Å². The quantitative estimate of drug-likeness (QED) is 0.430.